The first-order chi connectivity index (χ1) is 8.28. The highest BCUT2D eigenvalue weighted by molar-refractivity contribution is 4.76. The standard InChI is InChI=1S/C13H26N2O2/c1-15(6-7-16-10-11-2-3-11)9-13-5-4-12(8-14)17-13/h11-13H,2-10,14H2,1H3. The van der Waals surface area contributed by atoms with E-state index in [1.807, 2.05) is 0 Å². The fourth-order valence-electron chi connectivity index (χ4n) is 2.28. The van der Waals surface area contributed by atoms with E-state index >= 15 is 0 Å². The number of ether oxygens (including phenoxy) is 2. The molecular weight excluding hydrogens is 216 g/mol. The maximum Gasteiger partial charge on any atom is 0.0707 e. The Kier molecular flexibility index (Phi) is 5.22. The first-order valence-electron chi connectivity index (χ1n) is 6.89. The molecule has 1 saturated heterocycles. The number of rotatable bonds is 8. The normalized spacial score (nSPS) is 29.1. The van der Waals surface area contributed by atoms with Crippen molar-refractivity contribution in [1.29, 1.82) is 0 Å². The van der Waals surface area contributed by atoms with Crippen LogP contribution >= 0.6 is 0 Å². The summed E-state index contributed by atoms with van der Waals surface area (Å²) in [4.78, 5) is 2.30. The number of likely N-dealkylation sites (N-methyl/N-ethyl adjacent to an activating group) is 1. The van der Waals surface area contributed by atoms with Gasteiger partial charge in [0.25, 0.3) is 0 Å². The lowest BCUT2D eigenvalue weighted by Crippen LogP contribution is -2.32. The molecule has 0 amide bonds. The van der Waals surface area contributed by atoms with Gasteiger partial charge in [-0.25, -0.2) is 0 Å². The van der Waals surface area contributed by atoms with Gasteiger partial charge < -0.3 is 20.1 Å². The van der Waals surface area contributed by atoms with Crippen LogP contribution in [0.3, 0.4) is 0 Å². The Bertz CT molecular complexity index is 221. The number of hydrogen-bond donors (Lipinski definition) is 1. The van der Waals surface area contributed by atoms with E-state index in [4.69, 9.17) is 15.2 Å². The van der Waals surface area contributed by atoms with E-state index in [0.29, 0.717) is 18.8 Å². The molecule has 0 spiro atoms. The summed E-state index contributed by atoms with van der Waals surface area (Å²) in [6.07, 6.45) is 5.66. The van der Waals surface area contributed by atoms with Crippen molar-refractivity contribution in [2.24, 2.45) is 11.7 Å². The largest absolute Gasteiger partial charge is 0.380 e. The van der Waals surface area contributed by atoms with Crippen LogP contribution in [0.1, 0.15) is 25.7 Å². The third-order valence-corrected chi connectivity index (χ3v) is 3.64. The van der Waals surface area contributed by atoms with Crippen LogP contribution in [0.5, 0.6) is 0 Å². The van der Waals surface area contributed by atoms with Gasteiger partial charge >= 0.3 is 0 Å². The zero-order chi connectivity index (χ0) is 12.1. The molecule has 0 radical (unpaired) electrons. The van der Waals surface area contributed by atoms with Gasteiger partial charge in [-0.1, -0.05) is 0 Å². The van der Waals surface area contributed by atoms with E-state index in [1.165, 1.54) is 12.8 Å². The molecule has 2 aliphatic rings. The quantitative estimate of drug-likeness (QED) is 0.641. The predicted molar refractivity (Wildman–Crippen MR) is 68.0 cm³/mol. The highest BCUT2D eigenvalue weighted by Crippen LogP contribution is 2.28. The zero-order valence-corrected chi connectivity index (χ0v) is 10.9. The third kappa shape index (κ3) is 4.92. The van der Waals surface area contributed by atoms with Crippen LogP contribution in [0, 0.1) is 5.92 Å². The molecule has 2 atom stereocenters. The maximum absolute atomic E-state index is 5.83. The molecule has 0 aromatic heterocycles. The fourth-order valence-corrected chi connectivity index (χ4v) is 2.28. The molecule has 1 heterocycles. The Labute approximate surface area is 104 Å². The molecule has 0 aromatic rings. The van der Waals surface area contributed by atoms with Gasteiger partial charge in [0.15, 0.2) is 0 Å². The van der Waals surface area contributed by atoms with E-state index in [9.17, 15) is 0 Å². The molecule has 2 rings (SSSR count). The van der Waals surface area contributed by atoms with Crippen molar-refractivity contribution in [3.63, 3.8) is 0 Å². The zero-order valence-electron chi connectivity index (χ0n) is 10.9. The third-order valence-electron chi connectivity index (χ3n) is 3.64. The van der Waals surface area contributed by atoms with Crippen LogP contribution in [0.25, 0.3) is 0 Å². The highest BCUT2D eigenvalue weighted by Gasteiger charge is 2.25. The summed E-state index contributed by atoms with van der Waals surface area (Å²) in [7, 11) is 2.14. The van der Waals surface area contributed by atoms with Crippen molar-refractivity contribution in [2.75, 3.05) is 39.9 Å². The number of hydrogen-bond acceptors (Lipinski definition) is 4. The lowest BCUT2D eigenvalue weighted by Gasteiger charge is -2.21. The molecule has 2 fully saturated rings. The van der Waals surface area contributed by atoms with Crippen molar-refractivity contribution >= 4 is 0 Å². The molecular formula is C13H26N2O2. The highest BCUT2D eigenvalue weighted by atomic mass is 16.5. The van der Waals surface area contributed by atoms with Gasteiger partial charge in [0, 0.05) is 26.2 Å². The van der Waals surface area contributed by atoms with E-state index in [2.05, 4.69) is 11.9 Å². The van der Waals surface area contributed by atoms with Gasteiger partial charge in [-0.05, 0) is 38.6 Å². The molecule has 2 N–H and O–H groups in total. The van der Waals surface area contributed by atoms with E-state index < -0.39 is 0 Å². The molecule has 1 saturated carbocycles. The van der Waals surface area contributed by atoms with E-state index in [1.54, 1.807) is 0 Å². The van der Waals surface area contributed by atoms with Crippen molar-refractivity contribution in [2.45, 2.75) is 37.9 Å². The summed E-state index contributed by atoms with van der Waals surface area (Å²) in [5.41, 5.74) is 5.60. The molecule has 1 aliphatic heterocycles. The first kappa shape index (κ1) is 13.3. The Morgan fingerprint density at radius 2 is 2.00 bits per heavy atom. The lowest BCUT2D eigenvalue weighted by molar-refractivity contribution is 0.0247. The van der Waals surface area contributed by atoms with Gasteiger partial charge in [-0.2, -0.15) is 0 Å². The second-order valence-corrected chi connectivity index (χ2v) is 5.47. The molecule has 2 unspecified atom stereocenters. The minimum absolute atomic E-state index is 0.291. The average Bonchev–Trinajstić information content (AvgIpc) is 3.04. The molecule has 0 bridgehead atoms. The topological polar surface area (TPSA) is 47.7 Å². The summed E-state index contributed by atoms with van der Waals surface area (Å²) >= 11 is 0. The fraction of sp³-hybridized carbons (Fsp3) is 1.00. The summed E-state index contributed by atoms with van der Waals surface area (Å²) in [6.45, 7) is 4.47. The Morgan fingerprint density at radius 3 is 2.65 bits per heavy atom. The van der Waals surface area contributed by atoms with Gasteiger partial charge in [0.2, 0.25) is 0 Å². The van der Waals surface area contributed by atoms with Crippen LogP contribution < -0.4 is 5.73 Å². The van der Waals surface area contributed by atoms with Crippen molar-refractivity contribution < 1.29 is 9.47 Å². The SMILES string of the molecule is CN(CCOCC1CC1)CC1CCC(CN)O1. The molecule has 17 heavy (non-hydrogen) atoms. The first-order valence-corrected chi connectivity index (χ1v) is 6.89. The Hall–Kier alpha value is -0.160. The lowest BCUT2D eigenvalue weighted by atomic mass is 10.2. The minimum Gasteiger partial charge on any atom is -0.380 e. The van der Waals surface area contributed by atoms with Crippen LogP contribution in [0.2, 0.25) is 0 Å². The molecule has 0 aromatic carbocycles. The van der Waals surface area contributed by atoms with Crippen LogP contribution in [-0.4, -0.2) is 57.0 Å². The molecule has 1 aliphatic carbocycles. The van der Waals surface area contributed by atoms with Crippen LogP contribution in [-0.2, 0) is 9.47 Å². The van der Waals surface area contributed by atoms with Crippen LogP contribution in [0.15, 0.2) is 0 Å². The van der Waals surface area contributed by atoms with Gasteiger partial charge in [-0.3, -0.25) is 0 Å². The summed E-state index contributed by atoms with van der Waals surface area (Å²) in [5.74, 6) is 0.865. The number of nitrogens with two attached hydrogens (primary N) is 1. The maximum atomic E-state index is 5.83. The number of nitrogens with zero attached hydrogens (tertiary/aromatic N) is 1. The Morgan fingerprint density at radius 1 is 1.24 bits per heavy atom. The minimum atomic E-state index is 0.291. The molecule has 4 heteroatoms. The second-order valence-electron chi connectivity index (χ2n) is 5.47. The summed E-state index contributed by atoms with van der Waals surface area (Å²) in [6, 6.07) is 0. The summed E-state index contributed by atoms with van der Waals surface area (Å²) in [5, 5.41) is 0. The van der Waals surface area contributed by atoms with E-state index in [0.717, 1.165) is 45.1 Å². The van der Waals surface area contributed by atoms with Gasteiger partial charge in [0.1, 0.15) is 0 Å². The van der Waals surface area contributed by atoms with E-state index in [-0.39, 0.29) is 0 Å². The van der Waals surface area contributed by atoms with Gasteiger partial charge in [0.05, 0.1) is 18.8 Å². The van der Waals surface area contributed by atoms with Crippen LogP contribution in [0.4, 0.5) is 0 Å². The molecule has 4 nitrogen and oxygen atoms in total. The van der Waals surface area contributed by atoms with Crippen molar-refractivity contribution in [1.82, 2.24) is 4.90 Å². The van der Waals surface area contributed by atoms with Gasteiger partial charge in [-0.15, -0.1) is 0 Å². The Balaban J connectivity index is 1.49. The smallest absolute Gasteiger partial charge is 0.0707 e. The molecule has 100 valence electrons. The summed E-state index contributed by atoms with van der Waals surface area (Å²) < 4.78 is 11.5. The monoisotopic (exact) mass is 242 g/mol. The van der Waals surface area contributed by atoms with Crippen molar-refractivity contribution in [3.05, 3.63) is 0 Å². The predicted octanol–water partition coefficient (Wildman–Crippen LogP) is 0.851. The van der Waals surface area contributed by atoms with Crippen molar-refractivity contribution in [3.8, 4) is 0 Å². The average molecular weight is 242 g/mol. The second kappa shape index (κ2) is 6.69.